The Bertz CT molecular complexity index is 1060. The molecule has 0 spiro atoms. The summed E-state index contributed by atoms with van der Waals surface area (Å²) in [5.74, 6) is -4.14. The Morgan fingerprint density at radius 3 is 2.12 bits per heavy atom. The topological polar surface area (TPSA) is 166 Å². The molecule has 2 rings (SSSR count). The lowest BCUT2D eigenvalue weighted by atomic mass is 9.95. The first-order valence-electron chi connectivity index (χ1n) is 14.2. The zero-order valence-electron chi connectivity index (χ0n) is 25.4. The SMILES string of the molecule is CC(CC(=O)OCCC(C)(C)OCCC(C)(C)NC(=O)CCN1C(=O)C=CC1=O)CC(C)C(=O)ON1C(=O)CCC1=O. The van der Waals surface area contributed by atoms with E-state index in [1.165, 1.54) is 12.2 Å². The second-order valence-electron chi connectivity index (χ2n) is 12.1. The Kier molecular flexibility index (Phi) is 12.4. The van der Waals surface area contributed by atoms with Crippen molar-refractivity contribution in [1.29, 1.82) is 0 Å². The Morgan fingerprint density at radius 1 is 0.929 bits per heavy atom. The van der Waals surface area contributed by atoms with Crippen LogP contribution in [-0.4, -0.2) is 82.3 Å². The van der Waals surface area contributed by atoms with Crippen LogP contribution in [0.5, 0.6) is 0 Å². The van der Waals surface area contributed by atoms with Gasteiger partial charge in [0, 0.05) is 62.9 Å². The maximum atomic E-state index is 12.3. The van der Waals surface area contributed by atoms with Crippen LogP contribution >= 0.6 is 0 Å². The second-order valence-corrected chi connectivity index (χ2v) is 12.1. The first-order valence-corrected chi connectivity index (χ1v) is 14.2. The van der Waals surface area contributed by atoms with E-state index < -0.39 is 52.6 Å². The molecule has 2 aliphatic heterocycles. The highest BCUT2D eigenvalue weighted by Crippen LogP contribution is 2.21. The molecule has 2 atom stereocenters. The summed E-state index contributed by atoms with van der Waals surface area (Å²) < 4.78 is 11.3. The van der Waals surface area contributed by atoms with Gasteiger partial charge in [-0.05, 0) is 46.5 Å². The lowest BCUT2D eigenvalue weighted by Crippen LogP contribution is -2.46. The van der Waals surface area contributed by atoms with Gasteiger partial charge in [0.25, 0.3) is 23.6 Å². The standard InChI is InChI=1S/C29H43N3O10/c1-19(17-20(2)27(39)42-32-24(36)9-10-25(32)37)18-26(38)40-15-13-29(5,6)41-16-12-28(3,4)30-21(33)11-14-31-22(34)7-8-23(31)35/h7-8,19-20H,9-18H2,1-6H3,(H,30,33). The van der Waals surface area contributed by atoms with E-state index >= 15 is 0 Å². The molecule has 13 nitrogen and oxygen atoms in total. The molecule has 0 aliphatic carbocycles. The second kappa shape index (κ2) is 15.0. The molecule has 1 fully saturated rings. The Morgan fingerprint density at radius 2 is 1.52 bits per heavy atom. The smallest absolute Gasteiger partial charge is 0.335 e. The summed E-state index contributed by atoms with van der Waals surface area (Å²) in [4.78, 5) is 89.3. The van der Waals surface area contributed by atoms with Gasteiger partial charge in [0.15, 0.2) is 0 Å². The van der Waals surface area contributed by atoms with E-state index in [2.05, 4.69) is 5.32 Å². The van der Waals surface area contributed by atoms with Gasteiger partial charge in [-0.3, -0.25) is 33.7 Å². The molecule has 0 bridgehead atoms. The number of carbonyl (C=O) groups excluding carboxylic acids is 7. The molecule has 2 unspecified atom stereocenters. The van der Waals surface area contributed by atoms with Crippen LogP contribution in [0.25, 0.3) is 0 Å². The van der Waals surface area contributed by atoms with E-state index in [9.17, 15) is 33.6 Å². The number of hydroxylamine groups is 2. The third kappa shape index (κ3) is 11.3. The predicted octanol–water partition coefficient (Wildman–Crippen LogP) is 1.97. The number of hydrogen-bond donors (Lipinski definition) is 1. The first kappa shape index (κ1) is 34.6. The summed E-state index contributed by atoms with van der Waals surface area (Å²) in [7, 11) is 0. The van der Waals surface area contributed by atoms with Gasteiger partial charge in [0.2, 0.25) is 5.91 Å². The van der Waals surface area contributed by atoms with E-state index in [-0.39, 0.29) is 50.7 Å². The minimum absolute atomic E-state index is 0.00252. The highest BCUT2D eigenvalue weighted by Gasteiger charge is 2.34. The van der Waals surface area contributed by atoms with Crippen LogP contribution in [-0.2, 0) is 47.9 Å². The van der Waals surface area contributed by atoms with Crippen molar-refractivity contribution < 1.29 is 47.9 Å². The molecule has 1 saturated heterocycles. The highest BCUT2D eigenvalue weighted by molar-refractivity contribution is 6.13. The molecular weight excluding hydrogens is 550 g/mol. The number of imide groups is 2. The van der Waals surface area contributed by atoms with Crippen molar-refractivity contribution in [3.63, 3.8) is 0 Å². The fourth-order valence-corrected chi connectivity index (χ4v) is 4.40. The van der Waals surface area contributed by atoms with Crippen molar-refractivity contribution in [2.24, 2.45) is 11.8 Å². The van der Waals surface area contributed by atoms with Gasteiger partial charge in [-0.2, -0.15) is 0 Å². The van der Waals surface area contributed by atoms with Gasteiger partial charge in [-0.1, -0.05) is 13.8 Å². The fraction of sp³-hybridized carbons (Fsp3) is 0.690. The maximum Gasteiger partial charge on any atom is 0.335 e. The number of nitrogens with one attached hydrogen (secondary N) is 1. The minimum atomic E-state index is -0.701. The van der Waals surface area contributed by atoms with Crippen molar-refractivity contribution in [2.75, 3.05) is 19.8 Å². The fourth-order valence-electron chi connectivity index (χ4n) is 4.40. The summed E-state index contributed by atoms with van der Waals surface area (Å²) in [6, 6.07) is 0. The third-order valence-electron chi connectivity index (χ3n) is 6.99. The van der Waals surface area contributed by atoms with Crippen LogP contribution in [0.15, 0.2) is 12.2 Å². The molecule has 2 heterocycles. The van der Waals surface area contributed by atoms with E-state index in [1.807, 2.05) is 27.7 Å². The van der Waals surface area contributed by atoms with Gasteiger partial charge in [0.1, 0.15) is 0 Å². The van der Waals surface area contributed by atoms with E-state index in [0.717, 1.165) is 4.90 Å². The van der Waals surface area contributed by atoms with Gasteiger partial charge >= 0.3 is 11.9 Å². The number of nitrogens with zero attached hydrogens (tertiary/aromatic N) is 2. The van der Waals surface area contributed by atoms with Gasteiger partial charge in [0.05, 0.1) is 18.1 Å². The van der Waals surface area contributed by atoms with Gasteiger partial charge in [-0.25, -0.2) is 4.79 Å². The van der Waals surface area contributed by atoms with Crippen molar-refractivity contribution >= 4 is 41.5 Å². The molecule has 42 heavy (non-hydrogen) atoms. The van der Waals surface area contributed by atoms with Crippen LogP contribution in [0.1, 0.15) is 86.5 Å². The molecule has 1 N–H and O–H groups in total. The first-order chi connectivity index (χ1) is 19.5. The Balaban J connectivity index is 1.62. The van der Waals surface area contributed by atoms with Crippen molar-refractivity contribution in [3.05, 3.63) is 12.2 Å². The van der Waals surface area contributed by atoms with Crippen LogP contribution < -0.4 is 5.32 Å². The monoisotopic (exact) mass is 593 g/mol. The van der Waals surface area contributed by atoms with Crippen molar-refractivity contribution in [3.8, 4) is 0 Å². The molecule has 234 valence electrons. The molecule has 0 aromatic rings. The van der Waals surface area contributed by atoms with Crippen molar-refractivity contribution in [2.45, 2.75) is 97.6 Å². The highest BCUT2D eigenvalue weighted by atomic mass is 16.7. The summed E-state index contributed by atoms with van der Waals surface area (Å²) >= 11 is 0. The van der Waals surface area contributed by atoms with Crippen LogP contribution in [0, 0.1) is 11.8 Å². The van der Waals surface area contributed by atoms with Crippen LogP contribution in [0.3, 0.4) is 0 Å². The summed E-state index contributed by atoms with van der Waals surface area (Å²) in [5, 5.41) is 3.41. The zero-order chi connectivity index (χ0) is 31.7. The van der Waals surface area contributed by atoms with Crippen LogP contribution in [0.4, 0.5) is 0 Å². The zero-order valence-corrected chi connectivity index (χ0v) is 25.4. The third-order valence-corrected chi connectivity index (χ3v) is 6.99. The van der Waals surface area contributed by atoms with Gasteiger partial charge < -0.3 is 19.6 Å². The number of amides is 5. The number of esters is 1. The van der Waals surface area contributed by atoms with Crippen molar-refractivity contribution in [1.82, 2.24) is 15.3 Å². The number of carbonyl (C=O) groups is 7. The summed E-state index contributed by atoms with van der Waals surface area (Å²) in [6.45, 7) is 11.3. The maximum absolute atomic E-state index is 12.3. The minimum Gasteiger partial charge on any atom is -0.466 e. The van der Waals surface area contributed by atoms with E-state index in [4.69, 9.17) is 14.3 Å². The predicted molar refractivity (Wildman–Crippen MR) is 148 cm³/mol. The van der Waals surface area contributed by atoms with E-state index in [1.54, 1.807) is 13.8 Å². The van der Waals surface area contributed by atoms with E-state index in [0.29, 0.717) is 30.9 Å². The number of ether oxygens (including phenoxy) is 2. The molecular formula is C29H43N3O10. The lowest BCUT2D eigenvalue weighted by Gasteiger charge is -2.30. The largest absolute Gasteiger partial charge is 0.466 e. The normalized spacial score (nSPS) is 17.1. The number of rotatable bonds is 17. The quantitative estimate of drug-likeness (QED) is 0.195. The molecule has 13 heteroatoms. The molecule has 0 aromatic carbocycles. The molecule has 0 aromatic heterocycles. The average Bonchev–Trinajstić information content (AvgIpc) is 3.36. The molecule has 2 aliphatic rings. The average molecular weight is 594 g/mol. The lowest BCUT2D eigenvalue weighted by molar-refractivity contribution is -0.200. The molecule has 0 radical (unpaired) electrons. The number of hydrogen-bond acceptors (Lipinski definition) is 10. The molecule has 0 saturated carbocycles. The van der Waals surface area contributed by atoms with Crippen LogP contribution in [0.2, 0.25) is 0 Å². The Labute approximate surface area is 246 Å². The Hall–Kier alpha value is -3.61. The summed E-state index contributed by atoms with van der Waals surface area (Å²) in [5.41, 5.74) is -1.19. The molecule has 5 amide bonds. The van der Waals surface area contributed by atoms with Gasteiger partial charge in [-0.15, -0.1) is 5.06 Å². The summed E-state index contributed by atoms with van der Waals surface area (Å²) in [6.07, 6.45) is 3.75.